The molecule has 1 heterocycles. The van der Waals surface area contributed by atoms with E-state index in [0.29, 0.717) is 5.41 Å². The lowest BCUT2D eigenvalue weighted by molar-refractivity contribution is 0.143. The topological polar surface area (TPSA) is 18.5 Å². The second-order valence-electron chi connectivity index (χ2n) is 8.13. The standard InChI is InChI=1S/C17H37N3/c1-15(2)11-18-13-17(3,4)14-20(6)12-16-7-9-19(5)10-8-16/h15-16,18H,7-14H2,1-6H3. The Hall–Kier alpha value is -0.120. The molecule has 0 atom stereocenters. The molecule has 1 fully saturated rings. The smallest absolute Gasteiger partial charge is 0.00419 e. The molecule has 0 radical (unpaired) electrons. The summed E-state index contributed by atoms with van der Waals surface area (Å²) in [6, 6.07) is 0. The summed E-state index contributed by atoms with van der Waals surface area (Å²) in [5, 5.41) is 3.61. The molecule has 120 valence electrons. The molecule has 3 heteroatoms. The van der Waals surface area contributed by atoms with Crippen molar-refractivity contribution in [3.05, 3.63) is 0 Å². The zero-order valence-corrected chi connectivity index (χ0v) is 14.7. The van der Waals surface area contributed by atoms with Gasteiger partial charge in [0, 0.05) is 19.6 Å². The Labute approximate surface area is 127 Å². The van der Waals surface area contributed by atoms with E-state index in [1.54, 1.807) is 0 Å². The molecule has 0 amide bonds. The highest BCUT2D eigenvalue weighted by Gasteiger charge is 2.23. The molecule has 1 rings (SSSR count). The highest BCUT2D eigenvalue weighted by atomic mass is 15.1. The van der Waals surface area contributed by atoms with Gasteiger partial charge in [0.1, 0.15) is 0 Å². The summed E-state index contributed by atoms with van der Waals surface area (Å²) >= 11 is 0. The Morgan fingerprint density at radius 2 is 1.85 bits per heavy atom. The highest BCUT2D eigenvalue weighted by Crippen LogP contribution is 2.20. The Balaban J connectivity index is 2.23. The maximum Gasteiger partial charge on any atom is 0.00419 e. The SMILES string of the molecule is CC(C)CNCC(C)(C)CN(C)CC1CCN(C)CC1. The van der Waals surface area contributed by atoms with E-state index in [2.05, 4.69) is 56.9 Å². The van der Waals surface area contributed by atoms with Crippen molar-refractivity contribution in [3.8, 4) is 0 Å². The molecule has 1 saturated heterocycles. The molecular weight excluding hydrogens is 246 g/mol. The molecule has 3 nitrogen and oxygen atoms in total. The van der Waals surface area contributed by atoms with Gasteiger partial charge in [-0.25, -0.2) is 0 Å². The van der Waals surface area contributed by atoms with Crippen molar-refractivity contribution in [1.82, 2.24) is 15.1 Å². The van der Waals surface area contributed by atoms with Crippen molar-refractivity contribution < 1.29 is 0 Å². The first-order chi connectivity index (χ1) is 9.28. The highest BCUT2D eigenvalue weighted by molar-refractivity contribution is 4.78. The summed E-state index contributed by atoms with van der Waals surface area (Å²) in [5.41, 5.74) is 0.356. The van der Waals surface area contributed by atoms with E-state index >= 15 is 0 Å². The molecule has 1 N–H and O–H groups in total. The Bertz CT molecular complexity index is 255. The van der Waals surface area contributed by atoms with Gasteiger partial charge in [0.2, 0.25) is 0 Å². The summed E-state index contributed by atoms with van der Waals surface area (Å²) in [4.78, 5) is 5.00. The number of likely N-dealkylation sites (tertiary alicyclic amines) is 1. The van der Waals surface area contributed by atoms with E-state index in [-0.39, 0.29) is 0 Å². The van der Waals surface area contributed by atoms with Crippen LogP contribution >= 0.6 is 0 Å². The Morgan fingerprint density at radius 1 is 1.25 bits per heavy atom. The van der Waals surface area contributed by atoms with Crippen molar-refractivity contribution in [2.24, 2.45) is 17.3 Å². The van der Waals surface area contributed by atoms with Gasteiger partial charge < -0.3 is 15.1 Å². The fraction of sp³-hybridized carbons (Fsp3) is 1.00. The van der Waals surface area contributed by atoms with Gasteiger partial charge in [0.25, 0.3) is 0 Å². The van der Waals surface area contributed by atoms with Crippen molar-refractivity contribution in [3.63, 3.8) is 0 Å². The first kappa shape index (κ1) is 17.9. The number of rotatable bonds is 8. The van der Waals surface area contributed by atoms with Gasteiger partial charge in [-0.05, 0) is 63.8 Å². The molecule has 0 aromatic heterocycles. The zero-order valence-electron chi connectivity index (χ0n) is 14.7. The van der Waals surface area contributed by atoms with Crippen LogP contribution in [0.4, 0.5) is 0 Å². The van der Waals surface area contributed by atoms with Crippen LogP contribution in [-0.2, 0) is 0 Å². The summed E-state index contributed by atoms with van der Waals surface area (Å²) in [6.07, 6.45) is 2.74. The molecule has 0 spiro atoms. The van der Waals surface area contributed by atoms with Gasteiger partial charge in [0.15, 0.2) is 0 Å². The fourth-order valence-corrected chi connectivity index (χ4v) is 3.24. The van der Waals surface area contributed by atoms with Gasteiger partial charge in [-0.15, -0.1) is 0 Å². The number of hydrogen-bond acceptors (Lipinski definition) is 3. The number of nitrogens with one attached hydrogen (secondary N) is 1. The van der Waals surface area contributed by atoms with Gasteiger partial charge in [-0.3, -0.25) is 0 Å². The van der Waals surface area contributed by atoms with Crippen molar-refractivity contribution in [2.75, 3.05) is 53.4 Å². The quantitative estimate of drug-likeness (QED) is 0.738. The van der Waals surface area contributed by atoms with Crippen LogP contribution in [0, 0.1) is 17.3 Å². The minimum atomic E-state index is 0.356. The predicted octanol–water partition coefficient (Wildman–Crippen LogP) is 2.53. The van der Waals surface area contributed by atoms with Gasteiger partial charge in [-0.1, -0.05) is 27.7 Å². The van der Waals surface area contributed by atoms with E-state index in [4.69, 9.17) is 0 Å². The Morgan fingerprint density at radius 3 is 2.40 bits per heavy atom. The average molecular weight is 284 g/mol. The zero-order chi connectivity index (χ0) is 15.2. The van der Waals surface area contributed by atoms with Crippen molar-refractivity contribution >= 4 is 0 Å². The average Bonchev–Trinajstić information content (AvgIpc) is 2.30. The third-order valence-corrected chi connectivity index (χ3v) is 4.26. The molecule has 0 unspecified atom stereocenters. The van der Waals surface area contributed by atoms with Crippen LogP contribution in [-0.4, -0.2) is 63.2 Å². The second-order valence-corrected chi connectivity index (χ2v) is 8.13. The van der Waals surface area contributed by atoms with Crippen LogP contribution in [0.2, 0.25) is 0 Å². The first-order valence-electron chi connectivity index (χ1n) is 8.36. The van der Waals surface area contributed by atoms with Crippen molar-refractivity contribution in [2.45, 2.75) is 40.5 Å². The molecule has 1 aliphatic rings. The molecule has 0 aromatic rings. The summed E-state index contributed by atoms with van der Waals surface area (Å²) in [7, 11) is 4.53. The molecular formula is C17H37N3. The van der Waals surface area contributed by atoms with E-state index < -0.39 is 0 Å². The van der Waals surface area contributed by atoms with Gasteiger partial charge in [-0.2, -0.15) is 0 Å². The van der Waals surface area contributed by atoms with E-state index in [1.807, 2.05) is 0 Å². The molecule has 0 bridgehead atoms. The van der Waals surface area contributed by atoms with E-state index in [0.717, 1.165) is 24.9 Å². The van der Waals surface area contributed by atoms with E-state index in [9.17, 15) is 0 Å². The third-order valence-electron chi connectivity index (χ3n) is 4.26. The van der Waals surface area contributed by atoms with Crippen molar-refractivity contribution in [1.29, 1.82) is 0 Å². The van der Waals surface area contributed by atoms with E-state index in [1.165, 1.54) is 39.0 Å². The molecule has 1 aliphatic heterocycles. The summed E-state index contributed by atoms with van der Waals surface area (Å²) in [6.45, 7) is 16.5. The van der Waals surface area contributed by atoms with Gasteiger partial charge in [0.05, 0.1) is 0 Å². The van der Waals surface area contributed by atoms with Crippen LogP contribution in [0.1, 0.15) is 40.5 Å². The van der Waals surface area contributed by atoms with Crippen LogP contribution in [0.15, 0.2) is 0 Å². The minimum Gasteiger partial charge on any atom is -0.316 e. The minimum absolute atomic E-state index is 0.356. The summed E-state index contributed by atoms with van der Waals surface area (Å²) in [5.74, 6) is 1.64. The maximum absolute atomic E-state index is 3.61. The lowest BCUT2D eigenvalue weighted by atomic mass is 9.91. The first-order valence-corrected chi connectivity index (χ1v) is 8.36. The van der Waals surface area contributed by atoms with Crippen LogP contribution in [0.25, 0.3) is 0 Å². The summed E-state index contributed by atoms with van der Waals surface area (Å²) < 4.78 is 0. The molecule has 0 aliphatic carbocycles. The normalized spacial score (nSPS) is 19.2. The van der Waals surface area contributed by atoms with Crippen LogP contribution in [0.5, 0.6) is 0 Å². The molecule has 0 saturated carbocycles. The third kappa shape index (κ3) is 7.61. The van der Waals surface area contributed by atoms with Gasteiger partial charge >= 0.3 is 0 Å². The fourth-order valence-electron chi connectivity index (χ4n) is 3.24. The number of nitrogens with zero attached hydrogens (tertiary/aromatic N) is 2. The lowest BCUT2D eigenvalue weighted by Crippen LogP contribution is -2.42. The monoisotopic (exact) mass is 283 g/mol. The number of hydrogen-bond donors (Lipinski definition) is 1. The Kier molecular flexibility index (Phi) is 7.49. The lowest BCUT2D eigenvalue weighted by Gasteiger charge is -2.35. The largest absolute Gasteiger partial charge is 0.316 e. The second kappa shape index (κ2) is 8.35. The maximum atomic E-state index is 3.61. The van der Waals surface area contributed by atoms with Crippen LogP contribution in [0.3, 0.4) is 0 Å². The molecule has 0 aromatic carbocycles. The molecule has 20 heavy (non-hydrogen) atoms. The predicted molar refractivity (Wildman–Crippen MR) is 89.2 cm³/mol. The van der Waals surface area contributed by atoms with Crippen LogP contribution < -0.4 is 5.32 Å². The number of piperidine rings is 1.